The van der Waals surface area contributed by atoms with Crippen LogP contribution in [0, 0.1) is 13.8 Å². The molecule has 6 rings (SSSR count). The van der Waals surface area contributed by atoms with Crippen molar-refractivity contribution in [3.8, 4) is 0 Å². The molecule has 2 atom stereocenters. The van der Waals surface area contributed by atoms with Crippen LogP contribution in [0.4, 0.5) is 0 Å². The Morgan fingerprint density at radius 2 is 0.980 bits per heavy atom. The first-order chi connectivity index (χ1) is 23.9. The van der Waals surface area contributed by atoms with E-state index in [0.29, 0.717) is 12.0 Å². The van der Waals surface area contributed by atoms with E-state index in [2.05, 4.69) is 173 Å². The minimum Gasteiger partial charge on any atom is -0.300 e. The summed E-state index contributed by atoms with van der Waals surface area (Å²) in [6.45, 7) is 14.1. The second kappa shape index (κ2) is 19.7. The summed E-state index contributed by atoms with van der Waals surface area (Å²) in [5.74, 6) is 0.624. The lowest BCUT2D eigenvalue weighted by atomic mass is 9.90. The summed E-state index contributed by atoms with van der Waals surface area (Å²) < 4.78 is 0. The number of benzene rings is 6. The molecular weight excluding hydrogens is 591 g/mol. The third kappa shape index (κ3) is 11.2. The van der Waals surface area contributed by atoms with E-state index >= 15 is 0 Å². The minimum absolute atomic E-state index is 0.425. The van der Waals surface area contributed by atoms with Gasteiger partial charge in [0.2, 0.25) is 0 Å². The quantitative estimate of drug-likeness (QED) is 0.119. The van der Waals surface area contributed by atoms with E-state index < -0.39 is 0 Å². The molecule has 0 spiro atoms. The van der Waals surface area contributed by atoms with E-state index in [0.717, 1.165) is 13.0 Å². The van der Waals surface area contributed by atoms with Gasteiger partial charge in [0.25, 0.3) is 0 Å². The minimum atomic E-state index is 0.425. The van der Waals surface area contributed by atoms with Crippen LogP contribution < -0.4 is 0 Å². The van der Waals surface area contributed by atoms with Gasteiger partial charge in [0.15, 0.2) is 0 Å². The van der Waals surface area contributed by atoms with Crippen LogP contribution in [-0.2, 0) is 12.8 Å². The van der Waals surface area contributed by atoms with Gasteiger partial charge in [0.05, 0.1) is 0 Å². The number of nitrogens with zero attached hydrogens (tertiary/aromatic N) is 1. The summed E-state index contributed by atoms with van der Waals surface area (Å²) in [6, 6.07) is 49.0. The molecule has 6 aromatic carbocycles. The highest BCUT2D eigenvalue weighted by Gasteiger charge is 2.14. The van der Waals surface area contributed by atoms with Crippen LogP contribution in [0.15, 0.2) is 133 Å². The monoisotopic (exact) mass is 649 g/mol. The van der Waals surface area contributed by atoms with Crippen LogP contribution >= 0.6 is 0 Å². The van der Waals surface area contributed by atoms with Crippen LogP contribution in [0.25, 0.3) is 21.5 Å². The summed E-state index contributed by atoms with van der Waals surface area (Å²) in [6.07, 6.45) is 7.37. The van der Waals surface area contributed by atoms with Crippen molar-refractivity contribution >= 4 is 21.5 Å². The highest BCUT2D eigenvalue weighted by molar-refractivity contribution is 5.86. The van der Waals surface area contributed by atoms with Gasteiger partial charge < -0.3 is 0 Å². The lowest BCUT2D eigenvalue weighted by Gasteiger charge is -2.26. The number of hydrogen-bond acceptors (Lipinski definition) is 1. The molecule has 0 saturated heterocycles. The van der Waals surface area contributed by atoms with Gasteiger partial charge in [-0.05, 0) is 116 Å². The Morgan fingerprint density at radius 1 is 0.510 bits per heavy atom. The molecule has 49 heavy (non-hydrogen) atoms. The molecule has 0 aliphatic heterocycles. The molecule has 1 nitrogen and oxygen atoms in total. The normalized spacial score (nSPS) is 12.2. The van der Waals surface area contributed by atoms with Crippen molar-refractivity contribution in [1.29, 1.82) is 0 Å². The zero-order chi connectivity index (χ0) is 35.0. The van der Waals surface area contributed by atoms with Crippen molar-refractivity contribution in [2.75, 3.05) is 13.6 Å². The van der Waals surface area contributed by atoms with Crippen LogP contribution in [0.2, 0.25) is 0 Å². The van der Waals surface area contributed by atoms with Crippen LogP contribution in [-0.4, -0.2) is 18.5 Å². The molecule has 0 unspecified atom stereocenters. The van der Waals surface area contributed by atoms with E-state index in [9.17, 15) is 0 Å². The maximum absolute atomic E-state index is 2.47. The third-order valence-electron chi connectivity index (χ3n) is 9.78. The fraction of sp³-hybridized carbons (Fsp3) is 0.333. The van der Waals surface area contributed by atoms with Gasteiger partial charge in [-0.2, -0.15) is 0 Å². The summed E-state index contributed by atoms with van der Waals surface area (Å²) in [4.78, 5) is 2.47. The second-order valence-electron chi connectivity index (χ2n) is 13.5. The van der Waals surface area contributed by atoms with Crippen LogP contribution in [0.3, 0.4) is 0 Å². The maximum atomic E-state index is 2.47. The molecule has 0 fully saturated rings. The van der Waals surface area contributed by atoms with Gasteiger partial charge in [-0.3, -0.25) is 4.90 Å². The standard InChI is InChI=1S/C23H27N.C23H26.C2H6/c1-18-9-6-10-20(17-18)11-8-16-24(3)19(2)22-15-7-13-21-12-4-5-14-23(21)22;1-18-9-7-12-20(17-18)11-4-3-10-19(2)22-16-8-14-21-13-5-6-15-23(21)22;1-2/h4-7,9-10,12-15,17,19H,8,11,16H2,1-3H3;5-9,12-17,19H,3-4,10-11H2,1-2H3;1-2H3/t2*19-;/m10./s1. The zero-order valence-corrected chi connectivity index (χ0v) is 31.3. The lowest BCUT2D eigenvalue weighted by molar-refractivity contribution is 0.260. The fourth-order valence-corrected chi connectivity index (χ4v) is 6.93. The average Bonchev–Trinajstić information content (AvgIpc) is 3.13. The van der Waals surface area contributed by atoms with E-state index in [1.165, 1.54) is 87.0 Å². The SMILES string of the molecule is CC.Cc1cccc(CCCC[C@H](C)c2cccc3ccccc23)c1.Cc1cccc(CCCN(C)[C@H](C)c2cccc3ccccc23)c1. The van der Waals surface area contributed by atoms with Crippen molar-refractivity contribution in [3.63, 3.8) is 0 Å². The van der Waals surface area contributed by atoms with Crippen LogP contribution in [0.1, 0.15) is 98.7 Å². The Balaban J connectivity index is 0.000000210. The molecule has 0 N–H and O–H groups in total. The molecular formula is C48H59N. The first-order valence-electron chi connectivity index (χ1n) is 18.7. The number of aryl methyl sites for hydroxylation is 4. The predicted molar refractivity (Wildman–Crippen MR) is 217 cm³/mol. The predicted octanol–water partition coefficient (Wildman–Crippen LogP) is 13.5. The molecule has 1 heteroatoms. The van der Waals surface area contributed by atoms with E-state index in [4.69, 9.17) is 0 Å². The van der Waals surface area contributed by atoms with Gasteiger partial charge in [-0.1, -0.05) is 172 Å². The Labute approximate surface area is 298 Å². The second-order valence-corrected chi connectivity index (χ2v) is 13.5. The van der Waals surface area contributed by atoms with Crippen molar-refractivity contribution in [2.45, 2.75) is 92.0 Å². The van der Waals surface area contributed by atoms with Gasteiger partial charge in [-0.25, -0.2) is 0 Å². The van der Waals surface area contributed by atoms with Crippen LogP contribution in [0.5, 0.6) is 0 Å². The fourth-order valence-electron chi connectivity index (χ4n) is 6.93. The highest BCUT2D eigenvalue weighted by Crippen LogP contribution is 2.30. The van der Waals surface area contributed by atoms with Crippen molar-refractivity contribution in [1.82, 2.24) is 4.90 Å². The van der Waals surface area contributed by atoms with E-state index in [-0.39, 0.29) is 0 Å². The Hall–Kier alpha value is -4.20. The summed E-state index contributed by atoms with van der Waals surface area (Å²) in [7, 11) is 2.24. The molecule has 0 radical (unpaired) electrons. The number of fused-ring (bicyclic) bond motifs is 2. The Morgan fingerprint density at radius 3 is 1.55 bits per heavy atom. The van der Waals surface area contributed by atoms with Crippen molar-refractivity contribution in [2.24, 2.45) is 0 Å². The molecule has 0 saturated carbocycles. The third-order valence-corrected chi connectivity index (χ3v) is 9.78. The molecule has 0 amide bonds. The smallest absolute Gasteiger partial charge is 0.0322 e. The van der Waals surface area contributed by atoms with Gasteiger partial charge in [0.1, 0.15) is 0 Å². The molecule has 0 bridgehead atoms. The Bertz CT molecular complexity index is 1840. The molecule has 256 valence electrons. The number of rotatable bonds is 12. The zero-order valence-electron chi connectivity index (χ0n) is 31.3. The topological polar surface area (TPSA) is 3.24 Å². The summed E-state index contributed by atoms with van der Waals surface area (Å²) >= 11 is 0. The molecule has 0 aliphatic rings. The summed E-state index contributed by atoms with van der Waals surface area (Å²) in [5.41, 5.74) is 8.56. The molecule has 0 heterocycles. The van der Waals surface area contributed by atoms with Crippen molar-refractivity contribution < 1.29 is 0 Å². The van der Waals surface area contributed by atoms with Gasteiger partial charge in [-0.15, -0.1) is 0 Å². The first-order valence-corrected chi connectivity index (χ1v) is 18.7. The molecule has 6 aromatic rings. The van der Waals surface area contributed by atoms with Crippen molar-refractivity contribution in [3.05, 3.63) is 167 Å². The largest absolute Gasteiger partial charge is 0.300 e. The molecule has 0 aromatic heterocycles. The number of unbranched alkanes of at least 4 members (excludes halogenated alkanes) is 1. The van der Waals surface area contributed by atoms with Gasteiger partial charge in [0, 0.05) is 6.04 Å². The highest BCUT2D eigenvalue weighted by atomic mass is 15.1. The average molecular weight is 650 g/mol. The van der Waals surface area contributed by atoms with E-state index in [1.54, 1.807) is 0 Å². The maximum Gasteiger partial charge on any atom is 0.0322 e. The van der Waals surface area contributed by atoms with E-state index in [1.807, 2.05) is 13.8 Å². The summed E-state index contributed by atoms with van der Waals surface area (Å²) in [5, 5.41) is 5.48. The first kappa shape index (κ1) is 37.6. The Kier molecular flexibility index (Phi) is 15.1. The number of hydrogen-bond donors (Lipinski definition) is 0. The lowest BCUT2D eigenvalue weighted by Crippen LogP contribution is -2.24. The van der Waals surface area contributed by atoms with Gasteiger partial charge >= 0.3 is 0 Å². The molecule has 0 aliphatic carbocycles.